The Bertz CT molecular complexity index is 3170. The van der Waals surface area contributed by atoms with Crippen LogP contribution in [-0.2, 0) is 0 Å². The van der Waals surface area contributed by atoms with E-state index in [2.05, 4.69) is 159 Å². The minimum absolute atomic E-state index is 0.0369. The van der Waals surface area contributed by atoms with Crippen LogP contribution in [0.2, 0.25) is 0 Å². The first-order chi connectivity index (χ1) is 31.5. The van der Waals surface area contributed by atoms with Crippen molar-refractivity contribution in [3.8, 4) is 68.2 Å². The predicted octanol–water partition coefficient (Wildman–Crippen LogP) is 11.4. The van der Waals surface area contributed by atoms with Gasteiger partial charge in [-0.15, -0.1) is 0 Å². The minimum Gasteiger partial charge on any atom is -0.458 e. The van der Waals surface area contributed by atoms with Crippen LogP contribution < -0.4 is 51.7 Å². The standard InChI is InChI=1S/C56H36B2O4S2/c1-33-19-21-43-51(23-33)63-53-29-41(59-39-17-9-15-37(25-39)35-11-5-3-6-12-35)27-49-55(53)57(43)45-31-46-48(32-47(45)61-49)62-50-28-42(60-40-18-10-16-38(26-40)36-13-7-4-8-14-36)30-54-56(50)58(46)44-22-20-34(2)24-52(44)64-54/h3-32H,1-2H3. The molecule has 64 heavy (non-hydrogen) atoms. The Kier molecular flexibility index (Phi) is 8.69. The van der Waals surface area contributed by atoms with Crippen LogP contribution in [0.3, 0.4) is 0 Å². The highest BCUT2D eigenvalue weighted by molar-refractivity contribution is 8.00. The topological polar surface area (TPSA) is 36.9 Å². The summed E-state index contributed by atoms with van der Waals surface area (Å²) in [5.41, 5.74) is 14.1. The van der Waals surface area contributed by atoms with Gasteiger partial charge in [-0.25, -0.2) is 0 Å². The fourth-order valence-electron chi connectivity index (χ4n) is 9.78. The summed E-state index contributed by atoms with van der Waals surface area (Å²) in [4.78, 5) is 4.77. The van der Waals surface area contributed by atoms with Gasteiger partial charge in [-0.2, -0.15) is 0 Å². The van der Waals surface area contributed by atoms with Gasteiger partial charge in [0.15, 0.2) is 0 Å². The number of hydrogen-bond acceptors (Lipinski definition) is 6. The maximum atomic E-state index is 7.03. The van der Waals surface area contributed by atoms with Crippen LogP contribution in [0.4, 0.5) is 0 Å². The van der Waals surface area contributed by atoms with Crippen LogP contribution >= 0.6 is 23.5 Å². The van der Waals surface area contributed by atoms with Gasteiger partial charge in [-0.1, -0.05) is 161 Å². The molecule has 302 valence electrons. The lowest BCUT2D eigenvalue weighted by molar-refractivity contribution is 0.449. The Morgan fingerprint density at radius 2 is 0.797 bits per heavy atom. The van der Waals surface area contributed by atoms with E-state index in [0.29, 0.717) is 0 Å². The smallest absolute Gasteiger partial charge is 0.253 e. The fraction of sp³-hybridized carbons (Fsp3) is 0.0357. The van der Waals surface area contributed by atoms with Gasteiger partial charge in [0.2, 0.25) is 0 Å². The van der Waals surface area contributed by atoms with E-state index in [4.69, 9.17) is 18.9 Å². The lowest BCUT2D eigenvalue weighted by Crippen LogP contribution is -2.61. The molecule has 4 aliphatic heterocycles. The molecule has 0 saturated carbocycles. The molecule has 0 saturated heterocycles. The van der Waals surface area contributed by atoms with Crippen molar-refractivity contribution >= 4 is 69.7 Å². The zero-order valence-electron chi connectivity index (χ0n) is 34.9. The zero-order chi connectivity index (χ0) is 42.5. The van der Waals surface area contributed by atoms with Crippen molar-refractivity contribution in [2.24, 2.45) is 0 Å². The van der Waals surface area contributed by atoms with Crippen molar-refractivity contribution < 1.29 is 18.9 Å². The van der Waals surface area contributed by atoms with Crippen molar-refractivity contribution in [3.05, 3.63) is 193 Å². The maximum absolute atomic E-state index is 7.03. The molecule has 0 unspecified atom stereocenters. The van der Waals surface area contributed by atoms with Gasteiger partial charge < -0.3 is 18.9 Å². The van der Waals surface area contributed by atoms with E-state index in [0.717, 1.165) is 89.0 Å². The number of benzene rings is 9. The van der Waals surface area contributed by atoms with Gasteiger partial charge in [-0.3, -0.25) is 0 Å². The Labute approximate surface area is 381 Å². The van der Waals surface area contributed by atoms with Gasteiger partial charge in [0.25, 0.3) is 13.4 Å². The van der Waals surface area contributed by atoms with E-state index in [9.17, 15) is 0 Å². The first-order valence-electron chi connectivity index (χ1n) is 21.6. The summed E-state index contributed by atoms with van der Waals surface area (Å²) in [5.74, 6) is 6.16. The van der Waals surface area contributed by atoms with Crippen LogP contribution in [0.5, 0.6) is 46.0 Å². The molecule has 13 rings (SSSR count). The number of ether oxygens (including phenoxy) is 4. The SMILES string of the molecule is Cc1ccc2c(c1)Sc1cc(Oc3cccc(-c4ccccc4)c3)cc3c1B2c1cc2c(cc1O3)Oc1cc(Oc3cccc(-c4ccccc4)c3)cc3c1B2c1ccc(C)cc1S3. The predicted molar refractivity (Wildman–Crippen MR) is 263 cm³/mol. The van der Waals surface area contributed by atoms with E-state index in [1.54, 1.807) is 23.5 Å². The molecule has 9 aromatic rings. The molecule has 0 aromatic heterocycles. The number of rotatable bonds is 6. The molecule has 8 heteroatoms. The highest BCUT2D eigenvalue weighted by Gasteiger charge is 2.44. The fourth-order valence-corrected chi connectivity index (χ4v) is 12.4. The third-order valence-electron chi connectivity index (χ3n) is 12.7. The third-order valence-corrected chi connectivity index (χ3v) is 15.0. The van der Waals surface area contributed by atoms with E-state index in [-0.39, 0.29) is 13.4 Å². The molecular weight excluding hydrogens is 822 g/mol. The second-order valence-electron chi connectivity index (χ2n) is 16.9. The van der Waals surface area contributed by atoms with Crippen molar-refractivity contribution in [2.45, 2.75) is 33.4 Å². The molecule has 0 spiro atoms. The number of hydrogen-bond donors (Lipinski definition) is 0. The Morgan fingerprint density at radius 3 is 1.27 bits per heavy atom. The average molecular weight is 859 g/mol. The second kappa shape index (κ2) is 14.8. The second-order valence-corrected chi connectivity index (χ2v) is 19.1. The zero-order valence-corrected chi connectivity index (χ0v) is 36.6. The summed E-state index contributed by atoms with van der Waals surface area (Å²) < 4.78 is 27.4. The van der Waals surface area contributed by atoms with Crippen LogP contribution in [0, 0.1) is 13.8 Å². The number of aryl methyl sites for hydroxylation is 2. The molecule has 0 atom stereocenters. The lowest BCUT2D eigenvalue weighted by Gasteiger charge is -2.37. The quantitative estimate of drug-likeness (QED) is 0.155. The normalized spacial score (nSPS) is 13.2. The summed E-state index contributed by atoms with van der Waals surface area (Å²) in [6.07, 6.45) is 0. The van der Waals surface area contributed by atoms with Gasteiger partial charge in [-0.05, 0) is 106 Å². The van der Waals surface area contributed by atoms with Crippen molar-refractivity contribution in [2.75, 3.05) is 0 Å². The first kappa shape index (κ1) is 37.6. The van der Waals surface area contributed by atoms with E-state index < -0.39 is 0 Å². The molecule has 9 aromatic carbocycles. The monoisotopic (exact) mass is 858 g/mol. The highest BCUT2D eigenvalue weighted by Crippen LogP contribution is 2.44. The summed E-state index contributed by atoms with van der Waals surface area (Å²) in [5, 5.41) is 0. The summed E-state index contributed by atoms with van der Waals surface area (Å²) >= 11 is 3.59. The molecule has 4 heterocycles. The number of fused-ring (bicyclic) bond motifs is 8. The summed E-state index contributed by atoms with van der Waals surface area (Å²) in [6, 6.07) is 64.0. The highest BCUT2D eigenvalue weighted by atomic mass is 32.2. The van der Waals surface area contributed by atoms with Crippen molar-refractivity contribution in [1.29, 1.82) is 0 Å². The molecule has 4 aliphatic rings. The molecule has 4 nitrogen and oxygen atoms in total. The summed E-state index contributed by atoms with van der Waals surface area (Å²) in [7, 11) is 0. The van der Waals surface area contributed by atoms with Crippen LogP contribution in [-0.4, -0.2) is 13.4 Å². The largest absolute Gasteiger partial charge is 0.458 e. The molecule has 0 amide bonds. The Hall–Kier alpha value is -6.99. The van der Waals surface area contributed by atoms with E-state index >= 15 is 0 Å². The maximum Gasteiger partial charge on any atom is 0.253 e. The molecular formula is C56H36B2O4S2. The van der Waals surface area contributed by atoms with E-state index in [1.807, 2.05) is 36.4 Å². The first-order valence-corrected chi connectivity index (χ1v) is 23.2. The van der Waals surface area contributed by atoms with Crippen LogP contribution in [0.1, 0.15) is 11.1 Å². The molecule has 0 N–H and O–H groups in total. The van der Waals surface area contributed by atoms with Crippen molar-refractivity contribution in [1.82, 2.24) is 0 Å². The molecule has 0 bridgehead atoms. The third kappa shape index (κ3) is 6.35. The van der Waals surface area contributed by atoms with Gasteiger partial charge in [0.1, 0.15) is 46.0 Å². The molecule has 0 radical (unpaired) electrons. The molecule has 0 aliphatic carbocycles. The minimum atomic E-state index is -0.0369. The van der Waals surface area contributed by atoms with Crippen molar-refractivity contribution in [3.63, 3.8) is 0 Å². The van der Waals surface area contributed by atoms with Crippen LogP contribution in [0.25, 0.3) is 22.3 Å². The van der Waals surface area contributed by atoms with E-state index in [1.165, 1.54) is 42.8 Å². The van der Waals surface area contributed by atoms with Gasteiger partial charge >= 0.3 is 0 Å². The summed E-state index contributed by atoms with van der Waals surface area (Å²) in [6.45, 7) is 4.26. The molecule has 0 fully saturated rings. The van der Waals surface area contributed by atoms with Crippen LogP contribution in [0.15, 0.2) is 202 Å². The van der Waals surface area contributed by atoms with Gasteiger partial charge in [0, 0.05) is 37.8 Å². The lowest BCUT2D eigenvalue weighted by atomic mass is 9.32. The Balaban J connectivity index is 0.923. The Morgan fingerprint density at radius 1 is 0.344 bits per heavy atom. The van der Waals surface area contributed by atoms with Gasteiger partial charge in [0.05, 0.1) is 0 Å². The average Bonchev–Trinajstić information content (AvgIpc) is 3.31.